The third kappa shape index (κ3) is 5.24. The fourth-order valence-electron chi connectivity index (χ4n) is 5.83. The molecule has 0 saturated carbocycles. The molecule has 0 aliphatic carbocycles. The maximum atomic E-state index is 15.6. The van der Waals surface area contributed by atoms with Crippen molar-refractivity contribution in [3.05, 3.63) is 84.9 Å². The molecular weight excluding hydrogens is 659 g/mol. The van der Waals surface area contributed by atoms with Crippen LogP contribution in [-0.2, 0) is 4.79 Å². The van der Waals surface area contributed by atoms with Gasteiger partial charge in [-0.1, -0.05) is 55.2 Å². The van der Waals surface area contributed by atoms with Gasteiger partial charge in [0.25, 0.3) is 5.56 Å². The summed E-state index contributed by atoms with van der Waals surface area (Å²) in [5.41, 5.74) is 5.02. The van der Waals surface area contributed by atoms with Gasteiger partial charge in [-0.15, -0.1) is 0 Å². The van der Waals surface area contributed by atoms with Crippen molar-refractivity contribution >= 4 is 63.1 Å². The summed E-state index contributed by atoms with van der Waals surface area (Å²) in [5, 5.41) is 9.46. The van der Waals surface area contributed by atoms with Crippen LogP contribution < -0.4 is 16.2 Å². The molecule has 1 aliphatic heterocycles. The fraction of sp³-hybridized carbons (Fsp3) is 0.281. The Labute approximate surface area is 278 Å². The Morgan fingerprint density at radius 3 is 2.50 bits per heavy atom. The van der Waals surface area contributed by atoms with Gasteiger partial charge in [-0.05, 0) is 43.5 Å². The molecule has 0 unspecified atom stereocenters. The minimum atomic E-state index is -1.24. The van der Waals surface area contributed by atoms with Crippen LogP contribution in [0.3, 0.4) is 0 Å². The molecule has 4 heterocycles. The van der Waals surface area contributed by atoms with Crippen molar-refractivity contribution in [2.75, 3.05) is 30.3 Å². The molecule has 4 aromatic rings. The van der Waals surface area contributed by atoms with E-state index in [9.17, 15) is 19.2 Å². The highest BCUT2D eigenvalue weighted by molar-refractivity contribution is 6.44. The first kappa shape index (κ1) is 33.1. The lowest BCUT2D eigenvalue weighted by atomic mass is 10.0. The number of hydrogen-bond acceptors (Lipinski definition) is 7. The van der Waals surface area contributed by atoms with E-state index in [-0.39, 0.29) is 70.5 Å². The lowest BCUT2D eigenvalue weighted by Crippen LogP contribution is -2.54. The first-order valence-corrected chi connectivity index (χ1v) is 15.3. The fourth-order valence-corrected chi connectivity index (χ4v) is 6.53. The van der Waals surface area contributed by atoms with Gasteiger partial charge in [0.1, 0.15) is 23.0 Å². The number of hydrogen-bond donors (Lipinski definition) is 1. The first-order chi connectivity index (χ1) is 21.7. The number of aryl methyl sites for hydroxylation is 1. The zero-order valence-electron chi connectivity index (χ0n) is 25.3. The molecule has 5 rings (SSSR count). The number of halogens is 5. The number of fused-ring (bicyclic) bond motifs is 1. The van der Waals surface area contributed by atoms with Crippen LogP contribution in [0, 0.1) is 29.9 Å². The third-order valence-corrected chi connectivity index (χ3v) is 9.17. The van der Waals surface area contributed by atoms with Crippen molar-refractivity contribution in [1.29, 1.82) is 5.26 Å². The van der Waals surface area contributed by atoms with E-state index in [4.69, 9.17) is 45.5 Å². The van der Waals surface area contributed by atoms with Gasteiger partial charge in [0.15, 0.2) is 11.6 Å². The number of nitrogens with zero attached hydrogens (tertiary/aromatic N) is 6. The number of nitrogen functional groups attached to an aromatic ring is 1. The van der Waals surface area contributed by atoms with Crippen LogP contribution in [0.2, 0.25) is 15.1 Å². The Hall–Kier alpha value is -4.24. The SMILES string of the molecule is C=CC(=O)N1CCN(c2c(C#N)c(=O)n(-c3c(C)ccnc3C(C)C)c3nc(-c4c(F)c(N)c(F)c(Cl)c4Cl)c(Cl)cc23)C[C@H]1C. The van der Waals surface area contributed by atoms with Crippen LogP contribution >= 0.6 is 34.8 Å². The summed E-state index contributed by atoms with van der Waals surface area (Å²) in [6.45, 7) is 11.8. The molecule has 2 N–H and O–H groups in total. The summed E-state index contributed by atoms with van der Waals surface area (Å²) >= 11 is 19.2. The van der Waals surface area contributed by atoms with E-state index in [1.54, 1.807) is 24.1 Å². The predicted octanol–water partition coefficient (Wildman–Crippen LogP) is 6.79. The number of carbonyl (C=O) groups excluding carboxylic acids is 1. The molecule has 1 aromatic carbocycles. The van der Waals surface area contributed by atoms with Gasteiger partial charge >= 0.3 is 0 Å². The molecule has 0 spiro atoms. The van der Waals surface area contributed by atoms with Crippen molar-refractivity contribution < 1.29 is 13.6 Å². The van der Waals surface area contributed by atoms with E-state index in [1.807, 2.05) is 25.7 Å². The molecule has 1 atom stereocenters. The molecule has 1 fully saturated rings. The van der Waals surface area contributed by atoms with Gasteiger partial charge in [-0.3, -0.25) is 19.1 Å². The maximum Gasteiger partial charge on any atom is 0.276 e. The summed E-state index contributed by atoms with van der Waals surface area (Å²) in [4.78, 5) is 39.6. The van der Waals surface area contributed by atoms with Gasteiger partial charge in [-0.2, -0.15) is 5.26 Å². The number of nitriles is 1. The molecule has 1 saturated heterocycles. The predicted molar refractivity (Wildman–Crippen MR) is 177 cm³/mol. The van der Waals surface area contributed by atoms with Gasteiger partial charge < -0.3 is 15.5 Å². The van der Waals surface area contributed by atoms with E-state index >= 15 is 4.39 Å². The van der Waals surface area contributed by atoms with Crippen LogP contribution in [0.25, 0.3) is 28.0 Å². The lowest BCUT2D eigenvalue weighted by molar-refractivity contribution is -0.128. The third-order valence-electron chi connectivity index (χ3n) is 8.05. The van der Waals surface area contributed by atoms with Gasteiger partial charge in [0, 0.05) is 37.3 Å². The summed E-state index contributed by atoms with van der Waals surface area (Å²) < 4.78 is 31.4. The number of amides is 1. The minimum Gasteiger partial charge on any atom is -0.394 e. The monoisotopic (exact) mass is 685 g/mol. The number of pyridine rings is 3. The molecule has 238 valence electrons. The molecule has 9 nitrogen and oxygen atoms in total. The van der Waals surface area contributed by atoms with Crippen LogP contribution in [0.4, 0.5) is 20.2 Å². The van der Waals surface area contributed by atoms with Crippen molar-refractivity contribution in [1.82, 2.24) is 19.4 Å². The quantitative estimate of drug-likeness (QED) is 0.106. The summed E-state index contributed by atoms with van der Waals surface area (Å²) in [6.07, 6.45) is 2.84. The summed E-state index contributed by atoms with van der Waals surface area (Å²) in [5.74, 6) is -2.88. The highest BCUT2D eigenvalue weighted by Crippen LogP contribution is 2.44. The highest BCUT2D eigenvalue weighted by atomic mass is 35.5. The van der Waals surface area contributed by atoms with Crippen LogP contribution in [0.15, 0.2) is 35.8 Å². The number of rotatable bonds is 5. The number of piperazine rings is 1. The van der Waals surface area contributed by atoms with Crippen LogP contribution in [0.5, 0.6) is 0 Å². The zero-order valence-corrected chi connectivity index (χ0v) is 27.5. The number of benzene rings is 1. The summed E-state index contributed by atoms with van der Waals surface area (Å²) in [6, 6.07) is 4.93. The number of aromatic nitrogens is 3. The van der Waals surface area contributed by atoms with E-state index in [0.717, 1.165) is 0 Å². The molecular formula is C32H28Cl3F2N7O2. The lowest BCUT2D eigenvalue weighted by Gasteiger charge is -2.41. The molecule has 1 amide bonds. The van der Waals surface area contributed by atoms with Crippen molar-refractivity contribution in [2.24, 2.45) is 0 Å². The molecule has 46 heavy (non-hydrogen) atoms. The Balaban J connectivity index is 1.94. The Kier molecular flexibility index (Phi) is 9.01. The standard InChI is InChI=1S/C32H28Cl3F2N7O2/c1-6-20(45)43-10-9-42(13-16(43)5)30-17-11-19(33)28(21-22(34)23(35)25(37)26(39)24(21)36)41-31(17)44(32(46)18(30)12-38)29-15(4)7-8-40-27(29)14(2)3/h6-8,11,14,16H,1,9-10,13,39H2,2-5H3/t16-/m1/s1. The first-order valence-electron chi connectivity index (χ1n) is 14.2. The second-order valence-electron chi connectivity index (χ2n) is 11.3. The summed E-state index contributed by atoms with van der Waals surface area (Å²) in [7, 11) is 0. The molecule has 0 radical (unpaired) electrons. The van der Waals surface area contributed by atoms with Gasteiger partial charge in [0.2, 0.25) is 5.91 Å². The number of nitrogens with two attached hydrogens (primary N) is 1. The van der Waals surface area contributed by atoms with E-state index in [1.165, 1.54) is 16.7 Å². The normalized spacial score (nSPS) is 15.0. The van der Waals surface area contributed by atoms with E-state index in [0.29, 0.717) is 16.9 Å². The van der Waals surface area contributed by atoms with Crippen LogP contribution in [0.1, 0.15) is 43.5 Å². The van der Waals surface area contributed by atoms with Crippen LogP contribution in [-0.4, -0.2) is 51.0 Å². The number of carbonyl (C=O) groups is 1. The van der Waals surface area contributed by atoms with E-state index < -0.39 is 38.5 Å². The van der Waals surface area contributed by atoms with Crippen molar-refractivity contribution in [2.45, 2.75) is 39.7 Å². The molecule has 0 bridgehead atoms. The topological polar surface area (TPSA) is 121 Å². The second-order valence-corrected chi connectivity index (χ2v) is 12.4. The zero-order chi connectivity index (χ0) is 33.8. The van der Waals surface area contributed by atoms with E-state index in [2.05, 4.69) is 17.6 Å². The number of anilines is 2. The molecule has 1 aliphatic rings. The van der Waals surface area contributed by atoms with Gasteiger partial charge in [-0.25, -0.2) is 13.8 Å². The minimum absolute atomic E-state index is 0.00290. The Morgan fingerprint density at radius 1 is 1.20 bits per heavy atom. The smallest absolute Gasteiger partial charge is 0.276 e. The maximum absolute atomic E-state index is 15.6. The average molecular weight is 687 g/mol. The largest absolute Gasteiger partial charge is 0.394 e. The highest BCUT2D eigenvalue weighted by Gasteiger charge is 2.33. The molecule has 3 aromatic heterocycles. The van der Waals surface area contributed by atoms with Crippen molar-refractivity contribution in [3.63, 3.8) is 0 Å². The van der Waals surface area contributed by atoms with Crippen molar-refractivity contribution in [3.8, 4) is 23.0 Å². The Morgan fingerprint density at radius 2 is 1.89 bits per heavy atom. The van der Waals surface area contributed by atoms with Gasteiger partial charge in [0.05, 0.1) is 43.4 Å². The Bertz CT molecular complexity index is 2030. The molecule has 14 heteroatoms. The second kappa shape index (κ2) is 12.5. The average Bonchev–Trinajstić information content (AvgIpc) is 3.02.